The molecule has 12 heteroatoms. The maximum Gasteiger partial charge on any atom is 0.256 e. The summed E-state index contributed by atoms with van der Waals surface area (Å²) < 4.78 is 24.1. The van der Waals surface area contributed by atoms with E-state index in [1.54, 1.807) is 18.7 Å². The molecule has 0 saturated carbocycles. The summed E-state index contributed by atoms with van der Waals surface area (Å²) in [5, 5.41) is 5.04. The van der Waals surface area contributed by atoms with Gasteiger partial charge in [0.2, 0.25) is 16.9 Å². The first kappa shape index (κ1) is 24.4. The third kappa shape index (κ3) is 5.68. The van der Waals surface area contributed by atoms with Gasteiger partial charge in [-0.1, -0.05) is 11.8 Å². The molecule has 3 aromatic rings. The van der Waals surface area contributed by atoms with E-state index in [0.29, 0.717) is 60.4 Å². The molecule has 3 heterocycles. The van der Waals surface area contributed by atoms with E-state index < -0.39 is 0 Å². The number of methoxy groups -OCH3 is 2. The Morgan fingerprint density at radius 1 is 1.21 bits per heavy atom. The number of thioether (sulfide) groups is 2. The fraction of sp³-hybridized carbons (Fsp3) is 0.455. The van der Waals surface area contributed by atoms with E-state index in [1.165, 1.54) is 23.5 Å². The number of fused-ring (bicyclic) bond motifs is 1. The van der Waals surface area contributed by atoms with Crippen LogP contribution in [0.1, 0.15) is 5.69 Å². The monoisotopic (exact) mass is 505 g/mol. The molecule has 0 aliphatic carbocycles. The summed E-state index contributed by atoms with van der Waals surface area (Å²) in [5.41, 5.74) is 0.788. The topological polar surface area (TPSA) is 100 Å². The van der Waals surface area contributed by atoms with Crippen molar-refractivity contribution in [1.82, 2.24) is 24.5 Å². The van der Waals surface area contributed by atoms with Gasteiger partial charge in [0.1, 0.15) is 12.7 Å². The number of amides is 1. The number of morpholine rings is 1. The van der Waals surface area contributed by atoms with Crippen molar-refractivity contribution in [3.63, 3.8) is 0 Å². The second-order valence-electron chi connectivity index (χ2n) is 7.50. The van der Waals surface area contributed by atoms with Gasteiger partial charge < -0.3 is 23.8 Å². The Morgan fingerprint density at radius 2 is 2.03 bits per heavy atom. The third-order valence-electron chi connectivity index (χ3n) is 5.20. The zero-order chi connectivity index (χ0) is 24.1. The molecule has 0 spiro atoms. The van der Waals surface area contributed by atoms with Crippen LogP contribution in [0.3, 0.4) is 0 Å². The third-order valence-corrected chi connectivity index (χ3v) is 6.71. The number of ether oxygens (including phenoxy) is 4. The fourth-order valence-corrected chi connectivity index (χ4v) is 4.66. The van der Waals surface area contributed by atoms with Crippen LogP contribution in [0.25, 0.3) is 5.78 Å². The second kappa shape index (κ2) is 11.2. The molecule has 182 valence electrons. The molecular weight excluding hydrogens is 478 g/mol. The lowest BCUT2D eigenvalue weighted by molar-refractivity contribution is -0.137. The van der Waals surface area contributed by atoms with Gasteiger partial charge in [0.15, 0.2) is 11.5 Å². The first-order valence-corrected chi connectivity index (χ1v) is 12.9. The van der Waals surface area contributed by atoms with E-state index in [4.69, 9.17) is 18.9 Å². The van der Waals surface area contributed by atoms with Crippen molar-refractivity contribution in [3.8, 4) is 17.4 Å². The number of nitrogens with zero attached hydrogens (tertiary/aromatic N) is 5. The van der Waals surface area contributed by atoms with Crippen molar-refractivity contribution in [2.45, 2.75) is 23.1 Å². The van der Waals surface area contributed by atoms with E-state index in [-0.39, 0.29) is 12.0 Å². The summed E-state index contributed by atoms with van der Waals surface area (Å²) in [7, 11) is 3.19. The van der Waals surface area contributed by atoms with Gasteiger partial charge in [-0.2, -0.15) is 9.50 Å². The molecule has 1 aromatic carbocycles. The van der Waals surface area contributed by atoms with Crippen LogP contribution >= 0.6 is 23.5 Å². The molecule has 10 nitrogen and oxygen atoms in total. The molecule has 4 rings (SSSR count). The molecule has 1 unspecified atom stereocenters. The summed E-state index contributed by atoms with van der Waals surface area (Å²) in [6, 6.07) is 7.44. The fourth-order valence-electron chi connectivity index (χ4n) is 3.49. The number of benzene rings is 1. The Morgan fingerprint density at radius 3 is 2.79 bits per heavy atom. The van der Waals surface area contributed by atoms with Crippen molar-refractivity contribution >= 4 is 35.2 Å². The summed E-state index contributed by atoms with van der Waals surface area (Å²) in [5.74, 6) is 2.71. The van der Waals surface area contributed by atoms with Gasteiger partial charge in [0.05, 0.1) is 33.1 Å². The molecular formula is C22H27N5O5S2. The predicted octanol–water partition coefficient (Wildman–Crippen LogP) is 2.57. The van der Waals surface area contributed by atoms with E-state index in [1.807, 2.05) is 42.3 Å². The Bertz CT molecular complexity index is 1160. The minimum absolute atomic E-state index is 0.0520. The zero-order valence-electron chi connectivity index (χ0n) is 19.5. The lowest BCUT2D eigenvalue weighted by atomic mass is 10.3. The van der Waals surface area contributed by atoms with Gasteiger partial charge in [-0.3, -0.25) is 4.79 Å². The van der Waals surface area contributed by atoms with Gasteiger partial charge in [0, 0.05) is 23.2 Å². The normalized spacial score (nSPS) is 16.0. The van der Waals surface area contributed by atoms with Crippen LogP contribution < -0.4 is 14.2 Å². The molecule has 0 radical (unpaired) electrons. The predicted molar refractivity (Wildman–Crippen MR) is 129 cm³/mol. The summed E-state index contributed by atoms with van der Waals surface area (Å²) in [4.78, 5) is 24.4. The molecule has 1 saturated heterocycles. The van der Waals surface area contributed by atoms with E-state index in [9.17, 15) is 4.79 Å². The van der Waals surface area contributed by atoms with Crippen molar-refractivity contribution in [2.75, 3.05) is 52.5 Å². The summed E-state index contributed by atoms with van der Waals surface area (Å²) in [6.07, 6.45) is 1.67. The van der Waals surface area contributed by atoms with E-state index in [0.717, 1.165) is 10.6 Å². The van der Waals surface area contributed by atoms with Crippen LogP contribution in [-0.2, 0) is 9.53 Å². The highest BCUT2D eigenvalue weighted by molar-refractivity contribution is 8.00. The minimum atomic E-state index is -0.240. The number of hydrogen-bond acceptors (Lipinski definition) is 10. The highest BCUT2D eigenvalue weighted by Gasteiger charge is 2.25. The Kier molecular flexibility index (Phi) is 8.01. The largest absolute Gasteiger partial charge is 0.493 e. The number of rotatable bonds is 9. The molecule has 1 aliphatic heterocycles. The number of carbonyl (C=O) groups excluding carboxylic acids is 1. The second-order valence-corrected chi connectivity index (χ2v) is 9.32. The first-order chi connectivity index (χ1) is 16.5. The van der Waals surface area contributed by atoms with Crippen LogP contribution in [0.2, 0.25) is 0 Å². The van der Waals surface area contributed by atoms with Crippen LogP contribution in [0.5, 0.6) is 17.4 Å². The molecule has 1 atom stereocenters. The van der Waals surface area contributed by atoms with Crippen molar-refractivity contribution in [2.24, 2.45) is 0 Å². The Labute approximate surface area is 206 Å². The van der Waals surface area contributed by atoms with Crippen LogP contribution in [-0.4, -0.2) is 89.0 Å². The van der Waals surface area contributed by atoms with Crippen LogP contribution in [0, 0.1) is 6.92 Å². The molecule has 1 amide bonds. The molecule has 34 heavy (non-hydrogen) atoms. The minimum Gasteiger partial charge on any atom is -0.493 e. The number of hydrogen-bond donors (Lipinski definition) is 0. The quantitative estimate of drug-likeness (QED) is 0.403. The number of aromatic nitrogens is 4. The zero-order valence-corrected chi connectivity index (χ0v) is 21.1. The maximum absolute atomic E-state index is 12.8. The highest BCUT2D eigenvalue weighted by atomic mass is 32.2. The number of carbonyl (C=O) groups is 1. The molecule has 1 aliphatic rings. The van der Waals surface area contributed by atoms with Crippen molar-refractivity contribution in [1.29, 1.82) is 0 Å². The van der Waals surface area contributed by atoms with Crippen molar-refractivity contribution < 1.29 is 23.7 Å². The molecule has 2 aromatic heterocycles. The van der Waals surface area contributed by atoms with Gasteiger partial charge in [-0.15, -0.1) is 16.9 Å². The van der Waals surface area contributed by atoms with Crippen LogP contribution in [0.4, 0.5) is 0 Å². The summed E-state index contributed by atoms with van der Waals surface area (Å²) in [6.45, 7) is 3.66. The molecule has 0 N–H and O–H groups in total. The van der Waals surface area contributed by atoms with E-state index in [2.05, 4.69) is 15.1 Å². The lowest BCUT2D eigenvalue weighted by Crippen LogP contribution is -2.48. The standard InChI is InChI=1S/C22H27N5O5S2/c1-14-9-20(27-21(23-14)24-22(25-27)33-4)32-12-15-11-26(7-8-31-15)19(28)13-34-16-5-6-17(29-2)18(10-16)30-3/h5-6,9-10,15H,7-8,11-13H2,1-4H3. The SMILES string of the molecule is COc1ccc(SCC(=O)N2CCOC(COc3cc(C)nc4nc(SC)nn34)C2)cc1OC. The van der Waals surface area contributed by atoms with Gasteiger partial charge in [-0.05, 0) is 31.4 Å². The molecule has 1 fully saturated rings. The van der Waals surface area contributed by atoms with E-state index >= 15 is 0 Å². The number of aryl methyl sites for hydroxylation is 1. The van der Waals surface area contributed by atoms with Crippen molar-refractivity contribution in [3.05, 3.63) is 30.0 Å². The van der Waals surface area contributed by atoms with Gasteiger partial charge in [0.25, 0.3) is 5.78 Å². The highest BCUT2D eigenvalue weighted by Crippen LogP contribution is 2.32. The van der Waals surface area contributed by atoms with Gasteiger partial charge >= 0.3 is 0 Å². The average molecular weight is 506 g/mol. The Hall–Kier alpha value is -2.70. The smallest absolute Gasteiger partial charge is 0.256 e. The van der Waals surface area contributed by atoms with Gasteiger partial charge in [-0.25, -0.2) is 4.98 Å². The lowest BCUT2D eigenvalue weighted by Gasteiger charge is -2.32. The average Bonchev–Trinajstić information content (AvgIpc) is 3.29. The van der Waals surface area contributed by atoms with Crippen LogP contribution in [0.15, 0.2) is 34.3 Å². The molecule has 0 bridgehead atoms. The first-order valence-electron chi connectivity index (χ1n) is 10.7. The maximum atomic E-state index is 12.8. The Balaban J connectivity index is 1.33. The summed E-state index contributed by atoms with van der Waals surface area (Å²) >= 11 is 2.91.